The number of hydrogen-bond acceptors (Lipinski definition) is 4. The molecule has 2 aromatic heterocycles. The zero-order chi connectivity index (χ0) is 17.8. The molecule has 0 aliphatic heterocycles. The molecule has 25 heavy (non-hydrogen) atoms. The quantitative estimate of drug-likeness (QED) is 0.639. The summed E-state index contributed by atoms with van der Waals surface area (Å²) in [6, 6.07) is 8.45. The average Bonchev–Trinajstić information content (AvgIpc) is 3.02. The monoisotopic (exact) mass is 337 g/mol. The van der Waals surface area contributed by atoms with Gasteiger partial charge in [0, 0.05) is 24.2 Å². The number of carbonyl (C=O) groups is 1. The number of imidazole rings is 1. The molecule has 1 aromatic carbocycles. The summed E-state index contributed by atoms with van der Waals surface area (Å²) in [5, 5.41) is 2.82. The number of para-hydroxylation sites is 2. The molecule has 0 saturated carbocycles. The Hall–Kier alpha value is -3.40. The van der Waals surface area contributed by atoms with Crippen LogP contribution in [0.25, 0.3) is 11.0 Å². The van der Waals surface area contributed by atoms with Gasteiger partial charge in [0.25, 0.3) is 5.91 Å². The third-order valence-corrected chi connectivity index (χ3v) is 3.49. The van der Waals surface area contributed by atoms with E-state index < -0.39 is 5.82 Å². The number of aromatic nitrogens is 3. The summed E-state index contributed by atoms with van der Waals surface area (Å²) < 4.78 is 13.3. The maximum atomic E-state index is 13.3. The minimum atomic E-state index is -0.599. The molecule has 126 valence electrons. The molecule has 1 atom stereocenters. The Morgan fingerprint density at radius 1 is 1.44 bits per heavy atom. The van der Waals surface area contributed by atoms with Crippen LogP contribution in [0.1, 0.15) is 29.5 Å². The van der Waals surface area contributed by atoms with E-state index in [1.54, 1.807) is 0 Å². The van der Waals surface area contributed by atoms with Crippen LogP contribution in [0.5, 0.6) is 0 Å². The molecule has 0 unspecified atom stereocenters. The van der Waals surface area contributed by atoms with Crippen molar-refractivity contribution in [3.05, 3.63) is 53.7 Å². The van der Waals surface area contributed by atoms with Crippen LogP contribution in [-0.2, 0) is 0 Å². The smallest absolute Gasteiger partial charge is 0.287 e. The number of benzene rings is 1. The molecule has 3 rings (SSSR count). The molecule has 7 heteroatoms. The Kier molecular flexibility index (Phi) is 4.61. The molecule has 2 heterocycles. The Morgan fingerprint density at radius 3 is 3.00 bits per heavy atom. The highest BCUT2D eigenvalue weighted by Crippen LogP contribution is 2.10. The number of halogens is 1. The first kappa shape index (κ1) is 16.5. The number of fused-ring (bicyclic) bond motifs is 1. The zero-order valence-corrected chi connectivity index (χ0v) is 13.5. The normalized spacial score (nSPS) is 11.6. The topological polar surface area (TPSA) is 96.7 Å². The summed E-state index contributed by atoms with van der Waals surface area (Å²) in [6.45, 7) is 1.83. The summed E-state index contributed by atoms with van der Waals surface area (Å²) >= 11 is 0. The molecule has 0 aliphatic rings. The molecule has 0 radical (unpaired) electrons. The van der Waals surface area contributed by atoms with Crippen LogP contribution >= 0.6 is 0 Å². The maximum Gasteiger partial charge on any atom is 0.287 e. The van der Waals surface area contributed by atoms with Crippen molar-refractivity contribution >= 4 is 22.8 Å². The van der Waals surface area contributed by atoms with E-state index in [9.17, 15) is 9.18 Å². The fraction of sp³-hybridized carbons (Fsp3) is 0.167. The van der Waals surface area contributed by atoms with E-state index >= 15 is 0 Å². The Labute approximate surface area is 143 Å². The number of nitrogens with zero attached hydrogens (tertiary/aromatic N) is 2. The first-order chi connectivity index (χ1) is 12.0. The van der Waals surface area contributed by atoms with E-state index in [0.29, 0.717) is 12.0 Å². The molecular formula is C18H16FN5O. The number of nitrogens with two attached hydrogens (primary N) is 1. The third kappa shape index (κ3) is 3.93. The van der Waals surface area contributed by atoms with Crippen molar-refractivity contribution in [2.45, 2.75) is 19.4 Å². The molecule has 6 nitrogen and oxygen atoms in total. The molecule has 4 N–H and O–H groups in total. The minimum Gasteiger partial charge on any atom is -0.381 e. The molecule has 0 bridgehead atoms. The summed E-state index contributed by atoms with van der Waals surface area (Å²) in [5.74, 6) is 4.88. The summed E-state index contributed by atoms with van der Waals surface area (Å²) in [4.78, 5) is 23.1. The molecular weight excluding hydrogens is 321 g/mol. The first-order valence-electron chi connectivity index (χ1n) is 7.68. The second-order valence-corrected chi connectivity index (χ2v) is 5.57. The predicted molar refractivity (Wildman–Crippen MR) is 93.1 cm³/mol. The lowest BCUT2D eigenvalue weighted by Crippen LogP contribution is -2.32. The van der Waals surface area contributed by atoms with E-state index in [1.807, 2.05) is 31.2 Å². The van der Waals surface area contributed by atoms with Gasteiger partial charge in [0.2, 0.25) is 0 Å². The van der Waals surface area contributed by atoms with Gasteiger partial charge < -0.3 is 16.0 Å². The predicted octanol–water partition coefficient (Wildman–Crippen LogP) is 2.24. The van der Waals surface area contributed by atoms with Gasteiger partial charge in [-0.1, -0.05) is 24.0 Å². The highest BCUT2D eigenvalue weighted by Gasteiger charge is 2.13. The lowest BCUT2D eigenvalue weighted by molar-refractivity contribution is 0.0931. The van der Waals surface area contributed by atoms with Gasteiger partial charge in [-0.15, -0.1) is 0 Å². The Morgan fingerprint density at radius 2 is 2.24 bits per heavy atom. The van der Waals surface area contributed by atoms with Gasteiger partial charge >= 0.3 is 0 Å². The molecule has 0 saturated heterocycles. The second-order valence-electron chi connectivity index (χ2n) is 5.57. The number of nitrogen functional groups attached to an aromatic ring is 1. The van der Waals surface area contributed by atoms with E-state index in [1.165, 1.54) is 12.3 Å². The van der Waals surface area contributed by atoms with E-state index in [2.05, 4.69) is 32.1 Å². The third-order valence-electron chi connectivity index (χ3n) is 3.49. The molecule has 1 amide bonds. The van der Waals surface area contributed by atoms with Crippen molar-refractivity contribution in [1.29, 1.82) is 0 Å². The number of H-pyrrole nitrogens is 1. The molecule has 3 aromatic rings. The largest absolute Gasteiger partial charge is 0.381 e. The van der Waals surface area contributed by atoms with Crippen LogP contribution in [-0.4, -0.2) is 26.9 Å². The van der Waals surface area contributed by atoms with Gasteiger partial charge in [-0.2, -0.15) is 0 Å². The van der Waals surface area contributed by atoms with Crippen molar-refractivity contribution in [2.24, 2.45) is 0 Å². The Bertz CT molecular complexity index is 953. The van der Waals surface area contributed by atoms with Gasteiger partial charge in [0.05, 0.1) is 11.0 Å². The highest BCUT2D eigenvalue weighted by atomic mass is 19.1. The van der Waals surface area contributed by atoms with Crippen LogP contribution in [0.3, 0.4) is 0 Å². The summed E-state index contributed by atoms with van der Waals surface area (Å²) in [5.41, 5.74) is 7.28. The van der Waals surface area contributed by atoms with Crippen molar-refractivity contribution in [3.8, 4) is 11.8 Å². The molecule has 0 aliphatic carbocycles. The van der Waals surface area contributed by atoms with Gasteiger partial charge in [-0.05, 0) is 25.1 Å². The van der Waals surface area contributed by atoms with Crippen LogP contribution < -0.4 is 11.1 Å². The number of nitrogens with one attached hydrogen (secondary N) is 2. The number of anilines is 1. The number of pyridine rings is 1. The fourth-order valence-corrected chi connectivity index (χ4v) is 2.23. The van der Waals surface area contributed by atoms with Gasteiger partial charge in [0.15, 0.2) is 17.5 Å². The van der Waals surface area contributed by atoms with Gasteiger partial charge in [-0.25, -0.2) is 14.4 Å². The number of hydrogen-bond donors (Lipinski definition) is 3. The zero-order valence-electron chi connectivity index (χ0n) is 13.5. The number of aromatic amines is 1. The minimum absolute atomic E-state index is 0.156. The number of amides is 1. The number of rotatable bonds is 3. The Balaban J connectivity index is 1.60. The second kappa shape index (κ2) is 7.01. The van der Waals surface area contributed by atoms with Crippen LogP contribution in [0.4, 0.5) is 10.2 Å². The van der Waals surface area contributed by atoms with Gasteiger partial charge in [-0.3, -0.25) is 4.79 Å². The van der Waals surface area contributed by atoms with E-state index in [-0.39, 0.29) is 23.6 Å². The number of carbonyl (C=O) groups excluding carboxylic acids is 1. The SMILES string of the molecule is C[C@@H](CC#Cc1cnc(N)c(F)c1)NC(=O)c1nc2ccccc2[nH]1. The highest BCUT2D eigenvalue weighted by molar-refractivity contribution is 5.94. The lowest BCUT2D eigenvalue weighted by atomic mass is 10.2. The standard InChI is InChI=1S/C18H16FN5O/c1-11(5-4-6-12-9-13(19)16(20)21-10-12)22-18(25)17-23-14-7-2-3-8-15(14)24-17/h2-3,7-11H,5H2,1H3,(H2,20,21)(H,22,25)(H,23,24)/t11-/m0/s1. The molecule has 0 fully saturated rings. The summed E-state index contributed by atoms with van der Waals surface area (Å²) in [7, 11) is 0. The van der Waals surface area contributed by atoms with E-state index in [0.717, 1.165) is 11.0 Å². The van der Waals surface area contributed by atoms with Crippen molar-refractivity contribution in [1.82, 2.24) is 20.3 Å². The van der Waals surface area contributed by atoms with Crippen LogP contribution in [0.2, 0.25) is 0 Å². The van der Waals surface area contributed by atoms with Crippen molar-refractivity contribution in [3.63, 3.8) is 0 Å². The van der Waals surface area contributed by atoms with Gasteiger partial charge in [0.1, 0.15) is 0 Å². The van der Waals surface area contributed by atoms with Crippen molar-refractivity contribution in [2.75, 3.05) is 5.73 Å². The van der Waals surface area contributed by atoms with Crippen molar-refractivity contribution < 1.29 is 9.18 Å². The maximum absolute atomic E-state index is 13.3. The molecule has 0 spiro atoms. The lowest BCUT2D eigenvalue weighted by Gasteiger charge is -2.08. The van der Waals surface area contributed by atoms with Crippen LogP contribution in [0, 0.1) is 17.7 Å². The average molecular weight is 337 g/mol. The first-order valence-corrected chi connectivity index (χ1v) is 7.68. The van der Waals surface area contributed by atoms with Crippen LogP contribution in [0.15, 0.2) is 36.5 Å². The summed E-state index contributed by atoms with van der Waals surface area (Å²) in [6.07, 6.45) is 1.81. The van der Waals surface area contributed by atoms with E-state index in [4.69, 9.17) is 5.73 Å². The fourth-order valence-electron chi connectivity index (χ4n) is 2.23.